The Morgan fingerprint density at radius 1 is 1.03 bits per heavy atom. The van der Waals surface area contributed by atoms with Crippen LogP contribution in [0.15, 0.2) is 41.2 Å². The van der Waals surface area contributed by atoms with Crippen LogP contribution in [0.5, 0.6) is 11.5 Å². The fraction of sp³-hybridized carbons (Fsp3) is 0.235. The van der Waals surface area contributed by atoms with Crippen LogP contribution < -0.4 is 15.2 Å². The Morgan fingerprint density at radius 3 is 2.32 bits per heavy atom. The molecule has 3 aromatic rings. The number of hydrogen-bond acceptors (Lipinski definition) is 5. The summed E-state index contributed by atoms with van der Waals surface area (Å²) >= 11 is 5.73. The highest BCUT2D eigenvalue weighted by Gasteiger charge is 2.35. The van der Waals surface area contributed by atoms with E-state index in [1.54, 1.807) is 0 Å². The van der Waals surface area contributed by atoms with Crippen molar-refractivity contribution in [3.05, 3.63) is 63.0 Å². The molecule has 0 aliphatic rings. The minimum atomic E-state index is -5.12. The summed E-state index contributed by atoms with van der Waals surface area (Å²) in [6.45, 7) is -0.839. The molecule has 1 heterocycles. The smallest absolute Gasteiger partial charge is 0.488 e. The number of tetrazole rings is 1. The monoisotopic (exact) mass is 468 g/mol. The van der Waals surface area contributed by atoms with Gasteiger partial charge in [0.15, 0.2) is 0 Å². The predicted octanol–water partition coefficient (Wildman–Crippen LogP) is 4.12. The summed E-state index contributed by atoms with van der Waals surface area (Å²) in [5.41, 5.74) is -2.63. The van der Waals surface area contributed by atoms with E-state index in [2.05, 4.69) is 15.2 Å². The molecule has 0 aliphatic heterocycles. The van der Waals surface area contributed by atoms with E-state index in [9.17, 15) is 31.1 Å². The van der Waals surface area contributed by atoms with Crippen LogP contribution in [0.2, 0.25) is 5.02 Å². The topological polar surface area (TPSA) is 71.2 Å². The van der Waals surface area contributed by atoms with Crippen LogP contribution in [0.3, 0.4) is 0 Å². The molecule has 0 saturated carbocycles. The van der Waals surface area contributed by atoms with Gasteiger partial charge in [-0.1, -0.05) is 17.7 Å². The van der Waals surface area contributed by atoms with Crippen molar-refractivity contribution in [2.45, 2.75) is 19.1 Å². The lowest BCUT2D eigenvalue weighted by atomic mass is 10.1. The molecule has 7 nitrogen and oxygen atoms in total. The first-order valence-electron chi connectivity index (χ1n) is 8.23. The summed E-state index contributed by atoms with van der Waals surface area (Å²) in [5.74, 6) is -1.52. The second-order valence-corrected chi connectivity index (χ2v) is 6.46. The Kier molecular flexibility index (Phi) is 5.89. The molecule has 0 aliphatic carbocycles. The maximum absolute atomic E-state index is 13.2. The van der Waals surface area contributed by atoms with Crippen LogP contribution in [0.1, 0.15) is 11.1 Å². The molecule has 0 atom stereocenters. The van der Waals surface area contributed by atoms with Gasteiger partial charge in [0.25, 0.3) is 0 Å². The van der Waals surface area contributed by atoms with Crippen molar-refractivity contribution in [1.82, 2.24) is 19.8 Å². The first-order chi connectivity index (χ1) is 14.4. The molecule has 31 heavy (non-hydrogen) atoms. The van der Waals surface area contributed by atoms with Crippen LogP contribution in [0.25, 0.3) is 5.69 Å². The summed E-state index contributed by atoms with van der Waals surface area (Å²) in [6.07, 6.45) is -9.93. The van der Waals surface area contributed by atoms with Crippen molar-refractivity contribution in [3.63, 3.8) is 0 Å². The molecule has 0 saturated heterocycles. The van der Waals surface area contributed by atoms with Crippen molar-refractivity contribution in [2.24, 2.45) is 7.05 Å². The minimum absolute atomic E-state index is 0.0896. The third-order valence-electron chi connectivity index (χ3n) is 3.90. The molecule has 0 fully saturated rings. The first-order valence-corrected chi connectivity index (χ1v) is 8.61. The average Bonchev–Trinajstić information content (AvgIpc) is 2.97. The molecule has 0 bridgehead atoms. The zero-order valence-electron chi connectivity index (χ0n) is 15.3. The zero-order chi connectivity index (χ0) is 23.0. The molecule has 3 rings (SSSR count). The quantitative estimate of drug-likeness (QED) is 0.527. The number of benzene rings is 2. The molecule has 0 spiro atoms. The third-order valence-corrected chi connectivity index (χ3v) is 4.14. The van der Waals surface area contributed by atoms with E-state index in [1.807, 2.05) is 0 Å². The second kappa shape index (κ2) is 8.13. The van der Waals surface area contributed by atoms with Gasteiger partial charge in [0.2, 0.25) is 0 Å². The van der Waals surface area contributed by atoms with Crippen LogP contribution in [-0.4, -0.2) is 26.2 Å². The highest BCUT2D eigenvalue weighted by molar-refractivity contribution is 6.30. The molecule has 0 unspecified atom stereocenters. The van der Waals surface area contributed by atoms with E-state index in [4.69, 9.17) is 16.3 Å². The van der Waals surface area contributed by atoms with Crippen molar-refractivity contribution in [2.75, 3.05) is 0 Å². The van der Waals surface area contributed by atoms with Gasteiger partial charge in [-0.25, -0.2) is 4.79 Å². The highest BCUT2D eigenvalue weighted by Crippen LogP contribution is 2.39. The number of rotatable bonds is 5. The summed E-state index contributed by atoms with van der Waals surface area (Å²) in [6, 6.07) is 5.79. The van der Waals surface area contributed by atoms with Gasteiger partial charge in [0.05, 0.1) is 16.8 Å². The lowest BCUT2D eigenvalue weighted by Crippen LogP contribution is -2.24. The average molecular weight is 469 g/mol. The molecular weight excluding hydrogens is 458 g/mol. The Labute approximate surface area is 174 Å². The molecule has 166 valence electrons. The number of aryl methyl sites for hydroxylation is 1. The fourth-order valence-electron chi connectivity index (χ4n) is 2.58. The van der Waals surface area contributed by atoms with Crippen LogP contribution in [0.4, 0.5) is 26.3 Å². The molecule has 2 aromatic carbocycles. The molecule has 0 N–H and O–H groups in total. The van der Waals surface area contributed by atoms with Gasteiger partial charge in [0, 0.05) is 12.1 Å². The summed E-state index contributed by atoms with van der Waals surface area (Å²) < 4.78 is 88.9. The maximum atomic E-state index is 13.2. The minimum Gasteiger partial charge on any atom is -0.488 e. The van der Waals surface area contributed by atoms with E-state index in [0.29, 0.717) is 10.7 Å². The van der Waals surface area contributed by atoms with Crippen molar-refractivity contribution in [1.29, 1.82) is 0 Å². The summed E-state index contributed by atoms with van der Waals surface area (Å²) in [5, 5.41) is 6.91. The number of halogens is 7. The van der Waals surface area contributed by atoms with Gasteiger partial charge in [0.1, 0.15) is 18.1 Å². The van der Waals surface area contributed by atoms with Crippen LogP contribution >= 0.6 is 11.6 Å². The highest BCUT2D eigenvalue weighted by atomic mass is 35.5. The van der Waals surface area contributed by atoms with Gasteiger partial charge in [-0.3, -0.25) is 0 Å². The summed E-state index contributed by atoms with van der Waals surface area (Å²) in [7, 11) is 1.25. The zero-order valence-corrected chi connectivity index (χ0v) is 16.1. The number of nitrogens with zero attached hydrogens (tertiary/aromatic N) is 4. The Bertz CT molecular complexity index is 1160. The number of ether oxygens (including phenoxy) is 2. The second-order valence-electron chi connectivity index (χ2n) is 6.03. The molecule has 0 radical (unpaired) electrons. The molecule has 14 heteroatoms. The van der Waals surface area contributed by atoms with Gasteiger partial charge in [-0.15, -0.1) is 13.2 Å². The SMILES string of the molecule is Cn1nnn(-c2cccc(OC(F)(F)F)c2COc2cc(Cl)ccc2C(F)(F)F)c1=O. The van der Waals surface area contributed by atoms with E-state index in [-0.39, 0.29) is 10.7 Å². The third kappa shape index (κ3) is 5.10. The van der Waals surface area contributed by atoms with Gasteiger partial charge >= 0.3 is 18.2 Å². The Hall–Kier alpha value is -3.22. The molecule has 1 aromatic heterocycles. The molecular formula is C17H11ClF6N4O3. The Morgan fingerprint density at radius 2 is 1.74 bits per heavy atom. The van der Waals surface area contributed by atoms with Crippen molar-refractivity contribution in [3.8, 4) is 17.2 Å². The van der Waals surface area contributed by atoms with Crippen LogP contribution in [0, 0.1) is 0 Å². The largest absolute Gasteiger partial charge is 0.573 e. The van der Waals surface area contributed by atoms with E-state index in [0.717, 1.165) is 28.9 Å². The normalized spacial score (nSPS) is 12.1. The molecule has 0 amide bonds. The predicted molar refractivity (Wildman–Crippen MR) is 94.1 cm³/mol. The van der Waals surface area contributed by atoms with E-state index < -0.39 is 47.5 Å². The van der Waals surface area contributed by atoms with Crippen LogP contribution in [-0.2, 0) is 19.8 Å². The van der Waals surface area contributed by atoms with Crippen molar-refractivity contribution < 1.29 is 35.8 Å². The summed E-state index contributed by atoms with van der Waals surface area (Å²) in [4.78, 5) is 12.2. The number of hydrogen-bond donors (Lipinski definition) is 0. The lowest BCUT2D eigenvalue weighted by molar-refractivity contribution is -0.275. The first kappa shape index (κ1) is 22.5. The van der Waals surface area contributed by atoms with Gasteiger partial charge in [-0.05, 0) is 40.8 Å². The lowest BCUT2D eigenvalue weighted by Gasteiger charge is -2.18. The van der Waals surface area contributed by atoms with Gasteiger partial charge in [-0.2, -0.15) is 22.5 Å². The Balaban J connectivity index is 2.09. The standard InChI is InChI=1S/C17H11ClF6N4O3/c1-27-15(29)28(26-25-27)12-3-2-4-13(31-17(22,23)24)10(12)8-30-14-7-9(18)5-6-11(14)16(19,20)21/h2-7H,8H2,1H3. The number of aromatic nitrogens is 4. The van der Waals surface area contributed by atoms with Crippen molar-refractivity contribution >= 4 is 11.6 Å². The van der Waals surface area contributed by atoms with E-state index >= 15 is 0 Å². The number of alkyl halides is 6. The van der Waals surface area contributed by atoms with Gasteiger partial charge < -0.3 is 9.47 Å². The van der Waals surface area contributed by atoms with E-state index in [1.165, 1.54) is 13.1 Å². The fourth-order valence-corrected chi connectivity index (χ4v) is 2.74. The maximum Gasteiger partial charge on any atom is 0.573 e.